The summed E-state index contributed by atoms with van der Waals surface area (Å²) < 4.78 is 24.6. The summed E-state index contributed by atoms with van der Waals surface area (Å²) >= 11 is 2.67. The molecule has 0 bridgehead atoms. The minimum atomic E-state index is 0.0253. The number of rotatable bonds is 10. The second-order valence-corrected chi connectivity index (χ2v) is 39.3. The Bertz CT molecular complexity index is 5470. The first-order valence-corrected chi connectivity index (χ1v) is 43.8. The molecule has 3 aliphatic heterocycles. The van der Waals surface area contributed by atoms with Gasteiger partial charge in [0.05, 0.1) is 0 Å². The fourth-order valence-electron chi connectivity index (χ4n) is 11.5. The van der Waals surface area contributed by atoms with E-state index in [4.69, 9.17) is 9.40 Å². The SMILES string of the molecule is CC(=O)c1ccc2nc(/C(C#N)=C/c3ccc(N4c5ccccc5[Se]c5ccccc54)[se]3)sc2c1.N#C/C(=C\c1ccc(N2c3ccccc3[Se]c3ccccc32)[se]1)c1nc2ccccc2[se]1.N#C/C(=C\c1ccc(N2c3ccccc3[Se]c3ccccc32)[se]1)c1nc2ccccc2o1. The Kier molecular flexibility index (Phi) is 18.6. The van der Waals surface area contributed by atoms with Crippen molar-refractivity contribution in [2.24, 2.45) is 0 Å². The van der Waals surface area contributed by atoms with E-state index in [9.17, 15) is 20.6 Å². The third kappa shape index (κ3) is 13.3. The number of benzene rings is 9. The molecule has 472 valence electrons. The van der Waals surface area contributed by atoms with Crippen LogP contribution in [0, 0.1) is 34.0 Å². The number of thiazole rings is 1. The molecule has 11 nitrogen and oxygen atoms in total. The van der Waals surface area contributed by atoms with Crippen molar-refractivity contribution in [3.63, 3.8) is 0 Å². The summed E-state index contributed by atoms with van der Waals surface area (Å²) in [7, 11) is 0. The number of nitriles is 3. The third-order valence-electron chi connectivity index (χ3n) is 16.1. The molecule has 19 heteroatoms. The van der Waals surface area contributed by atoms with Gasteiger partial charge >= 0.3 is 623 Å². The number of nitrogens with zero attached hydrogens (tertiary/aromatic N) is 9. The molecule has 3 aliphatic rings. The van der Waals surface area contributed by atoms with Gasteiger partial charge < -0.3 is 0 Å². The molecule has 0 spiro atoms. The molecular weight excluding hydrogens is 1700 g/mol. The van der Waals surface area contributed by atoms with E-state index in [1.54, 1.807) is 13.0 Å². The molecule has 0 saturated carbocycles. The van der Waals surface area contributed by atoms with Gasteiger partial charge in [0.1, 0.15) is 0 Å². The van der Waals surface area contributed by atoms with E-state index in [-0.39, 0.29) is 78.8 Å². The van der Waals surface area contributed by atoms with Crippen LogP contribution in [0.25, 0.3) is 66.0 Å². The van der Waals surface area contributed by atoms with E-state index >= 15 is 0 Å². The number of Topliss-reactive ketones (excluding diaryl/α,β-unsaturated/α-hetero) is 1. The van der Waals surface area contributed by atoms with Crippen molar-refractivity contribution < 1.29 is 9.21 Å². The second-order valence-electron chi connectivity index (χ2n) is 22.4. The summed E-state index contributed by atoms with van der Waals surface area (Å²) in [6.45, 7) is 1.56. The fraction of sp³-hybridized carbons (Fsp3) is 0.0125. The van der Waals surface area contributed by atoms with E-state index in [0.717, 1.165) is 34.7 Å². The quantitative estimate of drug-likeness (QED) is 0.0731. The number of anilines is 9. The number of aromatic nitrogens is 3. The second kappa shape index (κ2) is 28.6. The number of oxazole rings is 1. The van der Waals surface area contributed by atoms with Crippen molar-refractivity contribution in [1.82, 2.24) is 15.0 Å². The predicted molar refractivity (Wildman–Crippen MR) is 412 cm³/mol. The molecule has 0 atom stereocenters. The Hall–Kier alpha value is -9.15. The number of fused-ring (bicyclic) bond motifs is 9. The maximum atomic E-state index is 11.7. The van der Waals surface area contributed by atoms with Crippen molar-refractivity contribution in [3.8, 4) is 18.2 Å². The Morgan fingerprint density at radius 2 is 0.818 bits per heavy atom. The molecule has 99 heavy (non-hydrogen) atoms. The number of para-hydroxylation sites is 9. The van der Waals surface area contributed by atoms with E-state index in [1.165, 1.54) is 94.6 Å². The van der Waals surface area contributed by atoms with Gasteiger partial charge in [-0.05, 0) is 0 Å². The predicted octanol–water partition coefficient (Wildman–Crippen LogP) is 13.3. The van der Waals surface area contributed by atoms with Gasteiger partial charge in [-0.15, -0.1) is 0 Å². The van der Waals surface area contributed by atoms with Gasteiger partial charge in [0.15, 0.2) is 0 Å². The number of allylic oxidation sites excluding steroid dienone is 3. The summed E-state index contributed by atoms with van der Waals surface area (Å²) in [5, 5.41) is 30.3. The van der Waals surface area contributed by atoms with E-state index in [0.29, 0.717) is 68.7 Å². The van der Waals surface area contributed by atoms with Gasteiger partial charge in [0, 0.05) is 0 Å². The first-order valence-electron chi connectivity index (χ1n) is 31.0. The van der Waals surface area contributed by atoms with Crippen LogP contribution in [0.15, 0.2) is 253 Å². The van der Waals surface area contributed by atoms with Gasteiger partial charge in [0.25, 0.3) is 0 Å². The summed E-state index contributed by atoms with van der Waals surface area (Å²) in [4.78, 5) is 32.8. The molecule has 0 saturated heterocycles. The molecule has 0 amide bonds. The van der Waals surface area contributed by atoms with Crippen LogP contribution in [0.5, 0.6) is 0 Å². The summed E-state index contributed by atoms with van der Waals surface area (Å²) in [6, 6.07) is 93.4. The zero-order valence-electron chi connectivity index (χ0n) is 52.0. The Morgan fingerprint density at radius 1 is 0.414 bits per heavy atom. The van der Waals surface area contributed by atoms with Gasteiger partial charge in [0.2, 0.25) is 0 Å². The Morgan fingerprint density at radius 3 is 1.25 bits per heavy atom. The van der Waals surface area contributed by atoms with Crippen molar-refractivity contribution in [2.45, 2.75) is 6.92 Å². The molecule has 0 N–H and O–H groups in total. The monoisotopic (exact) mass is 1760 g/mol. The van der Waals surface area contributed by atoms with Crippen LogP contribution in [0.3, 0.4) is 0 Å². The van der Waals surface area contributed by atoms with E-state index in [2.05, 4.69) is 237 Å². The number of ketones is 1. The zero-order valence-corrected chi connectivity index (χ0v) is 64.8. The Labute approximate surface area is 617 Å². The van der Waals surface area contributed by atoms with Crippen molar-refractivity contribution in [1.29, 1.82) is 15.8 Å². The molecule has 18 rings (SSSR count). The molecule has 9 aromatic carbocycles. The van der Waals surface area contributed by atoms with Gasteiger partial charge in [-0.25, -0.2) is 0 Å². The number of carbonyl (C=O) groups is 1. The van der Waals surface area contributed by atoms with Crippen LogP contribution in [0.1, 0.15) is 46.1 Å². The van der Waals surface area contributed by atoms with Crippen LogP contribution in [0.4, 0.5) is 47.8 Å². The maximum absolute atomic E-state index is 11.7. The fourth-order valence-corrected chi connectivity index (χ4v) is 27.3. The van der Waals surface area contributed by atoms with Crippen LogP contribution in [0.2, 0.25) is 0 Å². The van der Waals surface area contributed by atoms with Gasteiger partial charge in [-0.2, -0.15) is 0 Å². The van der Waals surface area contributed by atoms with Crippen LogP contribution in [-0.4, -0.2) is 124 Å². The molecule has 6 aromatic heterocycles. The topological polar surface area (TPSA) is 150 Å². The number of hydrogen-bond acceptors (Lipinski definition) is 12. The summed E-state index contributed by atoms with van der Waals surface area (Å²) in [5.41, 5.74) is 13.3. The Balaban J connectivity index is 0.000000116. The molecule has 15 aromatic rings. The van der Waals surface area contributed by atoms with E-state index in [1.807, 2.05) is 66.7 Å². The first kappa shape index (κ1) is 64.5. The number of carbonyl (C=O) groups excluding carboxylic acids is 1. The van der Waals surface area contributed by atoms with Crippen molar-refractivity contribution in [2.75, 3.05) is 14.7 Å². The van der Waals surface area contributed by atoms with Crippen molar-refractivity contribution in [3.05, 3.63) is 283 Å². The van der Waals surface area contributed by atoms with Crippen LogP contribution < -0.4 is 41.5 Å². The summed E-state index contributed by atoms with van der Waals surface area (Å²) in [5.74, 6) is 0.396. The molecule has 9 heterocycles. The van der Waals surface area contributed by atoms with Gasteiger partial charge in [-0.3, -0.25) is 0 Å². The molecule has 0 unspecified atom stereocenters. The molecule has 0 aliphatic carbocycles. The average Bonchev–Trinajstić information content (AvgIpc) is 1.32. The number of hydrogen-bond donors (Lipinski definition) is 0. The minimum absolute atomic E-state index is 0.0253. The van der Waals surface area contributed by atoms with E-state index < -0.39 is 0 Å². The van der Waals surface area contributed by atoms with Crippen LogP contribution >= 0.6 is 11.3 Å². The average molecular weight is 1750 g/mol. The van der Waals surface area contributed by atoms with Crippen LogP contribution in [-0.2, 0) is 0 Å². The zero-order chi connectivity index (χ0) is 66.9. The van der Waals surface area contributed by atoms with Gasteiger partial charge in [-0.1, -0.05) is 0 Å². The molecule has 0 radical (unpaired) electrons. The third-order valence-corrected chi connectivity index (χ3v) is 32.9. The van der Waals surface area contributed by atoms with Crippen molar-refractivity contribution >= 4 is 261 Å². The molecular formula is C80H47N9O2SSe7. The molecule has 0 fully saturated rings. The first-order chi connectivity index (χ1) is 48.7. The summed E-state index contributed by atoms with van der Waals surface area (Å²) in [6.07, 6.45) is 5.94. The normalized spacial score (nSPS) is 12.9. The standard InChI is InChI=1S/C28H17N3OSSe2.C26H15N3OSe2.C26H15N3Se3/c1-17(32)18-10-12-21-24(15-18)33-28(30-21)19(16-29)14-20-11-13-27(34-20)31-22-6-2-4-8-25(22)35-26-9-5-3-7-23(26)31;27-16-17(26-28-19-7-1-4-10-22(19)30-26)15-18-13-14-25(31-18)29-20-8-2-5-11-23(20)32-24-12-6-3-9-21(24)29;27-16-17(26-28-19-7-1-4-10-22(19)32-26)15-18-13-14-25(30-18)29-20-8-2-5-11-23(20)31-24-12-6-3-9-21(24)29/h2-15H,1H3;2*1-15H/b19-14+;2*17-15+.